The van der Waals surface area contributed by atoms with Crippen molar-refractivity contribution < 1.29 is 23.9 Å². The number of hydrazone groups is 1. The molecule has 4 aromatic rings. The van der Waals surface area contributed by atoms with Crippen LogP contribution in [-0.4, -0.2) is 44.2 Å². The summed E-state index contributed by atoms with van der Waals surface area (Å²) in [6.45, 7) is 5.90. The van der Waals surface area contributed by atoms with E-state index < -0.39 is 17.8 Å². The van der Waals surface area contributed by atoms with Crippen molar-refractivity contribution in [3.8, 4) is 11.5 Å². The Morgan fingerprint density at radius 2 is 1.51 bits per heavy atom. The molecule has 0 bridgehead atoms. The zero-order valence-corrected chi connectivity index (χ0v) is 25.9. The summed E-state index contributed by atoms with van der Waals surface area (Å²) in [5, 5.41) is 7.03. The summed E-state index contributed by atoms with van der Waals surface area (Å²) >= 11 is 6.11. The molecule has 0 heterocycles. The van der Waals surface area contributed by atoms with Gasteiger partial charge in [-0.3, -0.25) is 9.59 Å². The number of nitrogens with one attached hydrogen (secondary N) is 2. The van der Waals surface area contributed by atoms with Crippen LogP contribution in [0, 0.1) is 0 Å². The normalized spacial score (nSPS) is 11.2. The Morgan fingerprint density at radius 1 is 0.844 bits per heavy atom. The summed E-state index contributed by atoms with van der Waals surface area (Å²) in [5.74, 6) is -1.24. The van der Waals surface area contributed by atoms with Crippen LogP contribution in [0.4, 0.5) is 5.69 Å². The van der Waals surface area contributed by atoms with Crippen LogP contribution in [0.1, 0.15) is 45.7 Å². The van der Waals surface area contributed by atoms with Gasteiger partial charge in [0.2, 0.25) is 0 Å². The lowest BCUT2D eigenvalue weighted by Gasteiger charge is -2.20. The predicted octanol–water partition coefficient (Wildman–Crippen LogP) is 6.34. The smallest absolute Gasteiger partial charge is 0.345 e. The zero-order valence-electron chi connectivity index (χ0n) is 25.1. The molecular weight excluding hydrogens is 592 g/mol. The summed E-state index contributed by atoms with van der Waals surface area (Å²) < 4.78 is 10.9. The van der Waals surface area contributed by atoms with Crippen molar-refractivity contribution in [3.05, 3.63) is 130 Å². The van der Waals surface area contributed by atoms with Gasteiger partial charge in [-0.15, -0.1) is 0 Å². The summed E-state index contributed by atoms with van der Waals surface area (Å²) in [6, 6.07) is 27.6. The number of esters is 1. The number of ether oxygens (including phenoxy) is 2. The lowest BCUT2D eigenvalue weighted by Crippen LogP contribution is -2.32. The Labute approximate surface area is 267 Å². The van der Waals surface area contributed by atoms with E-state index in [4.69, 9.17) is 21.1 Å². The van der Waals surface area contributed by atoms with Gasteiger partial charge < -0.3 is 19.7 Å². The van der Waals surface area contributed by atoms with Crippen molar-refractivity contribution in [1.29, 1.82) is 0 Å². The molecule has 9 nitrogen and oxygen atoms in total. The fourth-order valence-corrected chi connectivity index (χ4v) is 4.55. The molecule has 0 saturated carbocycles. The quantitative estimate of drug-likeness (QED) is 0.0626. The Balaban J connectivity index is 1.50. The maximum absolute atomic E-state index is 13.2. The number of hydrogen-bond acceptors (Lipinski definition) is 7. The highest BCUT2D eigenvalue weighted by Crippen LogP contribution is 2.29. The molecule has 230 valence electrons. The molecule has 45 heavy (non-hydrogen) atoms. The van der Waals surface area contributed by atoms with E-state index in [1.807, 2.05) is 24.3 Å². The van der Waals surface area contributed by atoms with Crippen molar-refractivity contribution in [1.82, 2.24) is 10.7 Å². The summed E-state index contributed by atoms with van der Waals surface area (Å²) in [7, 11) is 1.44. The third-order valence-corrected chi connectivity index (χ3v) is 7.05. The number of anilines is 1. The Hall–Kier alpha value is -5.41. The van der Waals surface area contributed by atoms with Crippen LogP contribution in [0.25, 0.3) is 6.08 Å². The van der Waals surface area contributed by atoms with E-state index in [0.717, 1.165) is 24.3 Å². The zero-order chi connectivity index (χ0) is 32.2. The van der Waals surface area contributed by atoms with E-state index in [1.54, 1.807) is 78.9 Å². The molecule has 0 saturated heterocycles. The van der Waals surface area contributed by atoms with Gasteiger partial charge in [-0.1, -0.05) is 54.1 Å². The highest BCUT2D eigenvalue weighted by molar-refractivity contribution is 6.33. The number of amides is 2. The first-order chi connectivity index (χ1) is 21.8. The minimum Gasteiger partial charge on any atom is -0.493 e. The third kappa shape index (κ3) is 8.81. The fraction of sp³-hybridized carbons (Fsp3) is 0.143. The first-order valence-corrected chi connectivity index (χ1v) is 14.6. The molecule has 0 aromatic heterocycles. The minimum atomic E-state index is -0.632. The van der Waals surface area contributed by atoms with Crippen LogP contribution in [0.3, 0.4) is 0 Å². The lowest BCUT2D eigenvalue weighted by molar-refractivity contribution is -0.117. The van der Waals surface area contributed by atoms with Crippen LogP contribution in [0.5, 0.6) is 11.5 Å². The summed E-state index contributed by atoms with van der Waals surface area (Å²) in [4.78, 5) is 40.9. The van der Waals surface area contributed by atoms with Gasteiger partial charge in [0, 0.05) is 24.3 Å². The largest absolute Gasteiger partial charge is 0.493 e. The van der Waals surface area contributed by atoms with Crippen molar-refractivity contribution in [2.24, 2.45) is 5.10 Å². The molecule has 0 aliphatic carbocycles. The molecule has 0 unspecified atom stereocenters. The van der Waals surface area contributed by atoms with Gasteiger partial charge in [-0.05, 0) is 85.6 Å². The van der Waals surface area contributed by atoms with Crippen LogP contribution in [0.2, 0.25) is 5.02 Å². The van der Waals surface area contributed by atoms with Crippen LogP contribution in [-0.2, 0) is 4.79 Å². The van der Waals surface area contributed by atoms with Crippen LogP contribution in [0.15, 0.2) is 108 Å². The number of carbonyl (C=O) groups excluding carboxylic acids is 3. The molecule has 0 aliphatic rings. The summed E-state index contributed by atoms with van der Waals surface area (Å²) in [5.41, 5.74) is 5.43. The molecule has 2 N–H and O–H groups in total. The second-order valence-corrected chi connectivity index (χ2v) is 10.0. The van der Waals surface area contributed by atoms with Gasteiger partial charge in [-0.25, -0.2) is 10.2 Å². The Morgan fingerprint density at radius 3 is 2.18 bits per heavy atom. The first kappa shape index (κ1) is 32.5. The number of hydrogen-bond donors (Lipinski definition) is 2. The molecular formula is C35H33ClN4O5. The van der Waals surface area contributed by atoms with E-state index in [9.17, 15) is 14.4 Å². The molecule has 0 fully saturated rings. The van der Waals surface area contributed by atoms with Crippen molar-refractivity contribution in [2.75, 3.05) is 25.1 Å². The second kappa shape index (κ2) is 15.9. The summed E-state index contributed by atoms with van der Waals surface area (Å²) in [6.07, 6.45) is 2.98. The number of rotatable bonds is 12. The SMILES string of the molecule is CCN(CC)c1ccc(/C=C(/NC(=O)c2ccccc2)C(=O)N/N=C\c2ccc(OC(=O)c3ccccc3Cl)c(OC)c2)cc1. The van der Waals surface area contributed by atoms with E-state index in [1.165, 1.54) is 13.3 Å². The van der Waals surface area contributed by atoms with E-state index in [2.05, 4.69) is 34.6 Å². The molecule has 10 heteroatoms. The molecule has 4 aromatic carbocycles. The highest BCUT2D eigenvalue weighted by Gasteiger charge is 2.16. The topological polar surface area (TPSA) is 109 Å². The number of carbonyl (C=O) groups is 3. The molecule has 0 radical (unpaired) electrons. The van der Waals surface area contributed by atoms with Gasteiger partial charge in [0.05, 0.1) is 23.9 Å². The number of benzene rings is 4. The Bertz CT molecular complexity index is 1700. The van der Waals surface area contributed by atoms with E-state index in [-0.39, 0.29) is 27.8 Å². The number of halogens is 1. The van der Waals surface area contributed by atoms with Gasteiger partial charge in [0.25, 0.3) is 11.8 Å². The van der Waals surface area contributed by atoms with Gasteiger partial charge in [-0.2, -0.15) is 5.10 Å². The molecule has 4 rings (SSSR count). The standard InChI is InChI=1S/C35H33ClN4O5/c1-4-40(5-2)27-18-15-24(16-19-27)21-30(38-33(41)26-11-7-6-8-12-26)34(42)39-37-23-25-17-20-31(32(22-25)44-3)45-35(43)28-13-9-10-14-29(28)36/h6-23H,4-5H2,1-3H3,(H,38,41)(H,39,42)/b30-21+,37-23-. The van der Waals surface area contributed by atoms with Crippen LogP contribution < -0.4 is 25.1 Å². The van der Waals surface area contributed by atoms with Gasteiger partial charge >= 0.3 is 5.97 Å². The Kier molecular flexibility index (Phi) is 11.5. The van der Waals surface area contributed by atoms with Crippen molar-refractivity contribution in [3.63, 3.8) is 0 Å². The van der Waals surface area contributed by atoms with Crippen molar-refractivity contribution >= 4 is 47.4 Å². The average Bonchev–Trinajstić information content (AvgIpc) is 3.06. The van der Waals surface area contributed by atoms with Gasteiger partial charge in [0.1, 0.15) is 5.70 Å². The first-order valence-electron chi connectivity index (χ1n) is 14.2. The molecule has 0 atom stereocenters. The monoisotopic (exact) mass is 624 g/mol. The fourth-order valence-electron chi connectivity index (χ4n) is 4.34. The van der Waals surface area contributed by atoms with E-state index in [0.29, 0.717) is 11.1 Å². The highest BCUT2D eigenvalue weighted by atomic mass is 35.5. The lowest BCUT2D eigenvalue weighted by atomic mass is 10.1. The van der Waals surface area contributed by atoms with Crippen molar-refractivity contribution in [2.45, 2.75) is 13.8 Å². The predicted molar refractivity (Wildman–Crippen MR) is 177 cm³/mol. The number of methoxy groups -OCH3 is 1. The number of nitrogens with zero attached hydrogens (tertiary/aromatic N) is 2. The maximum Gasteiger partial charge on any atom is 0.345 e. The molecule has 2 amide bonds. The van der Waals surface area contributed by atoms with Crippen LogP contribution >= 0.6 is 11.6 Å². The molecule has 0 aliphatic heterocycles. The van der Waals surface area contributed by atoms with E-state index >= 15 is 0 Å². The molecule has 0 spiro atoms. The van der Waals surface area contributed by atoms with Gasteiger partial charge in [0.15, 0.2) is 11.5 Å². The average molecular weight is 625 g/mol. The minimum absolute atomic E-state index is 0.0102. The third-order valence-electron chi connectivity index (χ3n) is 6.73. The maximum atomic E-state index is 13.2. The second-order valence-electron chi connectivity index (χ2n) is 9.62.